The van der Waals surface area contributed by atoms with Gasteiger partial charge < -0.3 is 9.15 Å². The van der Waals surface area contributed by atoms with E-state index >= 15 is 0 Å². The standard InChI is InChI=1S/C18H17ClN2O3/c1-11(2)10-23-18(22)21-14-6-4-3-5-13(14)17-20-15-9-12(19)7-8-16(15)24-17/h3-9,11H,10H2,1-2H3,(H,21,22). The number of carbonyl (C=O) groups is 1. The smallest absolute Gasteiger partial charge is 0.411 e. The first-order valence-electron chi connectivity index (χ1n) is 7.62. The highest BCUT2D eigenvalue weighted by molar-refractivity contribution is 6.31. The predicted octanol–water partition coefficient (Wildman–Crippen LogP) is 5.35. The van der Waals surface area contributed by atoms with Gasteiger partial charge in [0, 0.05) is 5.02 Å². The number of hydrogen-bond donors (Lipinski definition) is 1. The van der Waals surface area contributed by atoms with E-state index in [1.54, 1.807) is 24.3 Å². The van der Waals surface area contributed by atoms with Gasteiger partial charge in [-0.25, -0.2) is 9.78 Å². The number of halogens is 1. The molecule has 5 nitrogen and oxygen atoms in total. The average Bonchev–Trinajstić information content (AvgIpc) is 2.96. The third-order valence-corrected chi connectivity index (χ3v) is 3.53. The Morgan fingerprint density at radius 1 is 1.29 bits per heavy atom. The number of fused-ring (bicyclic) bond motifs is 1. The first-order valence-corrected chi connectivity index (χ1v) is 8.00. The van der Waals surface area contributed by atoms with E-state index in [0.29, 0.717) is 39.9 Å². The average molecular weight is 345 g/mol. The summed E-state index contributed by atoms with van der Waals surface area (Å²) in [5.74, 6) is 0.680. The van der Waals surface area contributed by atoms with E-state index in [1.807, 2.05) is 32.0 Å². The van der Waals surface area contributed by atoms with Crippen LogP contribution in [-0.4, -0.2) is 17.7 Å². The van der Waals surface area contributed by atoms with E-state index < -0.39 is 6.09 Å². The molecule has 0 unspecified atom stereocenters. The first-order chi connectivity index (χ1) is 11.5. The number of rotatable bonds is 4. The molecule has 6 heteroatoms. The summed E-state index contributed by atoms with van der Waals surface area (Å²) in [5, 5.41) is 3.32. The number of oxazole rings is 1. The Bertz CT molecular complexity index is 874. The zero-order valence-corrected chi connectivity index (χ0v) is 14.1. The third-order valence-electron chi connectivity index (χ3n) is 3.29. The number of benzene rings is 2. The fourth-order valence-corrected chi connectivity index (χ4v) is 2.35. The van der Waals surface area contributed by atoms with E-state index in [1.165, 1.54) is 0 Å². The summed E-state index contributed by atoms with van der Waals surface area (Å²) >= 11 is 5.98. The van der Waals surface area contributed by atoms with Gasteiger partial charge in [-0.15, -0.1) is 0 Å². The van der Waals surface area contributed by atoms with E-state index in [-0.39, 0.29) is 5.92 Å². The highest BCUT2D eigenvalue weighted by Crippen LogP contribution is 2.31. The summed E-state index contributed by atoms with van der Waals surface area (Å²) in [4.78, 5) is 16.4. The molecule has 0 radical (unpaired) electrons. The summed E-state index contributed by atoms with van der Waals surface area (Å²) < 4.78 is 10.9. The molecule has 0 spiro atoms. The van der Waals surface area contributed by atoms with Crippen LogP contribution in [0.5, 0.6) is 0 Å². The van der Waals surface area contributed by atoms with Crippen molar-refractivity contribution in [2.45, 2.75) is 13.8 Å². The minimum absolute atomic E-state index is 0.271. The Kier molecular flexibility index (Phi) is 4.71. The van der Waals surface area contributed by atoms with Gasteiger partial charge in [0.05, 0.1) is 17.9 Å². The van der Waals surface area contributed by atoms with Crippen molar-refractivity contribution in [1.82, 2.24) is 4.98 Å². The predicted molar refractivity (Wildman–Crippen MR) is 94.3 cm³/mol. The van der Waals surface area contributed by atoms with Gasteiger partial charge in [0.25, 0.3) is 0 Å². The van der Waals surface area contributed by atoms with Crippen LogP contribution in [-0.2, 0) is 4.74 Å². The Morgan fingerprint density at radius 3 is 2.88 bits per heavy atom. The molecule has 0 aliphatic carbocycles. The maximum atomic E-state index is 11.9. The lowest BCUT2D eigenvalue weighted by Crippen LogP contribution is -2.17. The van der Waals surface area contributed by atoms with Crippen LogP contribution in [0.3, 0.4) is 0 Å². The molecule has 24 heavy (non-hydrogen) atoms. The highest BCUT2D eigenvalue weighted by Gasteiger charge is 2.14. The lowest BCUT2D eigenvalue weighted by Gasteiger charge is -2.10. The number of carbonyl (C=O) groups excluding carboxylic acids is 1. The number of nitrogens with one attached hydrogen (secondary N) is 1. The fourth-order valence-electron chi connectivity index (χ4n) is 2.18. The largest absolute Gasteiger partial charge is 0.449 e. The molecule has 0 atom stereocenters. The number of hydrogen-bond acceptors (Lipinski definition) is 4. The van der Waals surface area contributed by atoms with Crippen LogP contribution in [0, 0.1) is 5.92 Å². The molecular weight excluding hydrogens is 328 g/mol. The molecule has 0 aliphatic heterocycles. The van der Waals surface area contributed by atoms with E-state index in [9.17, 15) is 4.79 Å². The first kappa shape index (κ1) is 16.3. The van der Waals surface area contributed by atoms with Crippen LogP contribution in [0.15, 0.2) is 46.9 Å². The van der Waals surface area contributed by atoms with Crippen molar-refractivity contribution < 1.29 is 13.9 Å². The van der Waals surface area contributed by atoms with Crippen molar-refractivity contribution >= 4 is 34.5 Å². The number of para-hydroxylation sites is 1. The van der Waals surface area contributed by atoms with Crippen molar-refractivity contribution in [2.24, 2.45) is 5.92 Å². The van der Waals surface area contributed by atoms with Gasteiger partial charge in [-0.3, -0.25) is 5.32 Å². The van der Waals surface area contributed by atoms with Gasteiger partial charge in [0.15, 0.2) is 5.58 Å². The summed E-state index contributed by atoms with van der Waals surface area (Å²) in [6.07, 6.45) is -0.504. The topological polar surface area (TPSA) is 64.4 Å². The van der Waals surface area contributed by atoms with Crippen LogP contribution in [0.2, 0.25) is 5.02 Å². The van der Waals surface area contributed by atoms with Crippen LogP contribution in [0.4, 0.5) is 10.5 Å². The molecule has 0 fully saturated rings. The molecule has 3 rings (SSSR count). The van der Waals surface area contributed by atoms with Gasteiger partial charge in [-0.05, 0) is 36.2 Å². The van der Waals surface area contributed by atoms with E-state index in [2.05, 4.69) is 10.3 Å². The van der Waals surface area contributed by atoms with Gasteiger partial charge in [0.2, 0.25) is 5.89 Å². The zero-order valence-electron chi connectivity index (χ0n) is 13.4. The Morgan fingerprint density at radius 2 is 2.08 bits per heavy atom. The zero-order chi connectivity index (χ0) is 17.1. The van der Waals surface area contributed by atoms with Crippen molar-refractivity contribution in [3.8, 4) is 11.5 Å². The van der Waals surface area contributed by atoms with Crippen molar-refractivity contribution in [1.29, 1.82) is 0 Å². The number of anilines is 1. The van der Waals surface area contributed by atoms with Crippen molar-refractivity contribution in [2.75, 3.05) is 11.9 Å². The highest BCUT2D eigenvalue weighted by atomic mass is 35.5. The third kappa shape index (κ3) is 3.68. The molecule has 124 valence electrons. The van der Waals surface area contributed by atoms with Gasteiger partial charge in [-0.2, -0.15) is 0 Å². The molecule has 1 amide bonds. The molecule has 1 heterocycles. The SMILES string of the molecule is CC(C)COC(=O)Nc1ccccc1-c1nc2cc(Cl)ccc2o1. The summed E-state index contributed by atoms with van der Waals surface area (Å²) in [5.41, 5.74) is 2.54. The second-order valence-corrected chi connectivity index (χ2v) is 6.23. The molecule has 1 aromatic heterocycles. The molecule has 0 bridgehead atoms. The Labute approximate surface area is 144 Å². The van der Waals surface area contributed by atoms with Crippen LogP contribution < -0.4 is 5.32 Å². The molecule has 2 aromatic carbocycles. The molecule has 0 saturated carbocycles. The molecule has 3 aromatic rings. The second-order valence-electron chi connectivity index (χ2n) is 5.79. The van der Waals surface area contributed by atoms with Gasteiger partial charge in [0.1, 0.15) is 5.52 Å². The number of nitrogens with zero attached hydrogens (tertiary/aromatic N) is 1. The lowest BCUT2D eigenvalue weighted by molar-refractivity contribution is 0.147. The number of ether oxygens (including phenoxy) is 1. The van der Waals surface area contributed by atoms with E-state index in [0.717, 1.165) is 0 Å². The molecule has 0 aliphatic rings. The maximum Gasteiger partial charge on any atom is 0.411 e. The van der Waals surface area contributed by atoms with Gasteiger partial charge >= 0.3 is 6.09 Å². The molecule has 0 saturated heterocycles. The second kappa shape index (κ2) is 6.93. The number of aromatic nitrogens is 1. The summed E-state index contributed by atoms with van der Waals surface area (Å²) in [6, 6.07) is 12.5. The Hall–Kier alpha value is -2.53. The van der Waals surface area contributed by atoms with Crippen LogP contribution in [0.25, 0.3) is 22.6 Å². The normalized spacial score (nSPS) is 11.0. The van der Waals surface area contributed by atoms with Crippen molar-refractivity contribution in [3.05, 3.63) is 47.5 Å². The van der Waals surface area contributed by atoms with Crippen LogP contribution in [0.1, 0.15) is 13.8 Å². The lowest BCUT2D eigenvalue weighted by atomic mass is 10.2. The number of amides is 1. The minimum Gasteiger partial charge on any atom is -0.449 e. The molecule has 1 N–H and O–H groups in total. The van der Waals surface area contributed by atoms with Crippen LogP contribution >= 0.6 is 11.6 Å². The summed E-state index contributed by atoms with van der Waals surface area (Å²) in [7, 11) is 0. The summed E-state index contributed by atoms with van der Waals surface area (Å²) in [6.45, 7) is 4.31. The fraction of sp³-hybridized carbons (Fsp3) is 0.222. The van der Waals surface area contributed by atoms with E-state index in [4.69, 9.17) is 20.8 Å². The monoisotopic (exact) mass is 344 g/mol. The van der Waals surface area contributed by atoms with Gasteiger partial charge in [-0.1, -0.05) is 37.6 Å². The van der Waals surface area contributed by atoms with Crippen molar-refractivity contribution in [3.63, 3.8) is 0 Å². The molecular formula is C18H17ClN2O3. The minimum atomic E-state index is -0.504. The quantitative estimate of drug-likeness (QED) is 0.692. The maximum absolute atomic E-state index is 11.9. The Balaban J connectivity index is 1.89.